The fourth-order valence-electron chi connectivity index (χ4n) is 16.2. The van der Waals surface area contributed by atoms with Crippen LogP contribution in [-0.2, 0) is 95.0 Å². The van der Waals surface area contributed by atoms with Crippen molar-refractivity contribution in [1.82, 2.24) is 82.6 Å². The summed E-state index contributed by atoms with van der Waals surface area (Å²) in [6, 6.07) is 0. The smallest absolute Gasteiger partial charge is 0.311 e. The molecule has 0 bridgehead atoms. The minimum absolute atomic E-state index is 0.0227. The van der Waals surface area contributed by atoms with Crippen LogP contribution in [0.3, 0.4) is 0 Å². The fraction of sp³-hybridized carbons (Fsp3) is 0.470. The molecule has 18 heterocycles. The first-order valence-electron chi connectivity index (χ1n) is 44.2. The molecular weight excluding hydrogens is 2150 g/mol. The van der Waals surface area contributed by atoms with Gasteiger partial charge in [0.05, 0.1) is 66.2 Å². The van der Waals surface area contributed by atoms with Crippen LogP contribution in [0.4, 0.5) is 41.5 Å². The van der Waals surface area contributed by atoms with E-state index in [1.807, 2.05) is 0 Å². The molecule has 21 atom stereocenters. The number of aliphatic hydroxyl groups is 6. The maximum atomic E-state index is 12.5. The Labute approximate surface area is 873 Å². The van der Waals surface area contributed by atoms with Crippen LogP contribution in [0.1, 0.15) is 113 Å². The van der Waals surface area contributed by atoms with Crippen LogP contribution in [0, 0.1) is 7.91 Å². The molecule has 0 aliphatic carbocycles. The first-order valence-corrected chi connectivity index (χ1v) is 49.9. The van der Waals surface area contributed by atoms with Crippen LogP contribution in [-0.4, -0.2) is 281 Å². The number of nitrogens with zero attached hydrogens (tertiary/aromatic N) is 12. The van der Waals surface area contributed by atoms with Crippen molar-refractivity contribution in [3.8, 4) is 0 Å². The molecule has 7 aliphatic heterocycles. The Hall–Kier alpha value is -13.7. The first-order chi connectivity index (χ1) is 70.8. The standard InChI is InChI=1S/2C17H20N4O7S2.C15H18N4O6S.C13H16N4O5S.C11H14N4O5S.C10H12N4O5S/c2*1-6(2)26-11-10(27-8(4)23)9(5-25-7(3)22)28-15(11)21-13-12(30-17(21)29)14(24)20-16(18)19-13;1-6(2)24-9-4-8(5-23-7(3)20)25-13(9)19-11-10(26-15(19)22)12(21)18-14(16)17-11;1-5(2)21-7-3-6(4-18)22-11(7)17-9-8(23-13(17)20)10(19)16-12(14)15-9;1-3-15(10-6(18)5(17)4(2-16)20-10)8-7(21-3)9(19)14-11(12)13-8;11-9-12-7-6(8(17)13-9)20-10(18)14(7)5-1-3(16)4(2-15)19-5/h2*9-11,15H,1,5H2,2-4H3,(H3,18,19,20,24);8-9,13H,1,4-5H2,2-3H3,(H3,16,17,18,21);6-7,11,18H,1,3-4H2,2H3,(H3,14,15,16,19);4-6,10,16-18H,1-2H2,(H3,12,13,14,19);3-5,15-16H,1-2H2,(H3,11,12,13,17)/t9-,10+,11-,15-;9-,10-,11-,15-;8-,9+,13+;6-,7+,11+;4-,5+,6-,10-;3-,4+,5+/m110010/s1. The summed E-state index contributed by atoms with van der Waals surface area (Å²) in [6.07, 6.45) is -17.1. The maximum Gasteiger partial charge on any atom is 0.311 e. The summed E-state index contributed by atoms with van der Waals surface area (Å²) in [5.41, 5.74) is 31.5. The van der Waals surface area contributed by atoms with Crippen molar-refractivity contribution >= 4 is 216 Å². The number of thiazole rings is 5. The SMILES string of the molecule is C=C(C)O[C@@H]1C[C@@H](CO)O[C@H]1n1c(=O)sc2c(=O)[nH]c(N)nc21.C=C(C)O[C@@H]1C[C@@H](COC(C)=O)O[C@H]1n1c(=O)sc2c(=O)[nH]c(N)nc21.C=C(C)O[C@@H]1[C@@H](OC(C)=O)[C@@H](COC(C)=O)O[C@H]1n1c(=S)sc2c(=O)[nH]c(N)nc21.C=C(C)O[C@@H]1[C@H](OC(C)=O)[C@@H](COC(C)=O)O[C@H]1n1c(=S)sc2c(=O)[nH]c(N)nc21.C=C1Sc2c(nc(N)[nH]c2=O)N1[C@@H]1O[C@H](CO)[C@H](O)[C@H]1O.Nc1nc2c(sc(=O)n2[C@H]2C[C@H](O)[C@@H](CO)O2)c(=O)[nH]1. The molecule has 11 aromatic rings. The van der Waals surface area contributed by atoms with Gasteiger partial charge in [0, 0.05) is 53.9 Å². The molecule has 150 heavy (non-hydrogen) atoms. The number of carbonyl (C=O) groups excluding carboxylic acids is 5. The van der Waals surface area contributed by atoms with Gasteiger partial charge in [0.15, 0.2) is 97.5 Å². The minimum atomic E-state index is -1.28. The summed E-state index contributed by atoms with van der Waals surface area (Å²) >= 11 is 16.2. The highest BCUT2D eigenvalue weighted by Crippen LogP contribution is 2.47. The number of allylic oxidation sites excluding steroid dienone is 4. The molecule has 6 fully saturated rings. The van der Waals surface area contributed by atoms with Crippen molar-refractivity contribution in [2.45, 2.75) is 215 Å². The number of nitrogens with two attached hydrogens (primary N) is 6. The van der Waals surface area contributed by atoms with Gasteiger partial charge in [-0.15, -0.1) is 0 Å². The highest BCUT2D eigenvalue weighted by molar-refractivity contribution is 8.03. The Morgan fingerprint density at radius 3 is 1.08 bits per heavy atom. The van der Waals surface area contributed by atoms with Crippen molar-refractivity contribution in [1.29, 1.82) is 0 Å². The molecule has 18 rings (SSSR count). The molecule has 0 amide bonds. The van der Waals surface area contributed by atoms with E-state index in [0.717, 1.165) is 68.4 Å². The van der Waals surface area contributed by atoms with Crippen LogP contribution in [0.5, 0.6) is 0 Å². The third-order valence-corrected chi connectivity index (χ3v) is 28.6. The lowest BCUT2D eigenvalue weighted by Gasteiger charge is -2.27. The quantitative estimate of drug-likeness (QED) is 0.0152. The topological polar surface area (TPSA) is 855 Å². The first kappa shape index (κ1) is 113. The number of hydrogen-bond acceptors (Lipinski definition) is 56. The fourth-order valence-corrected chi connectivity index (χ4v) is 22.2. The lowest BCUT2D eigenvalue weighted by Crippen LogP contribution is -2.42. The van der Waals surface area contributed by atoms with Crippen LogP contribution < -0.4 is 87.3 Å². The predicted molar refractivity (Wildman–Crippen MR) is 542 cm³/mol. The van der Waals surface area contributed by atoms with Crippen LogP contribution >= 0.6 is 92.9 Å². The molecule has 810 valence electrons. The second-order valence-electron chi connectivity index (χ2n) is 33.4. The second-order valence-corrected chi connectivity index (χ2v) is 40.7. The number of carbonyl (C=O) groups is 5. The summed E-state index contributed by atoms with van der Waals surface area (Å²) < 4.78 is 91.5. The number of H-pyrrole nitrogens is 6. The van der Waals surface area contributed by atoms with E-state index in [0.29, 0.717) is 40.9 Å². The number of aliphatic hydroxyl groups excluding tert-OH is 6. The number of rotatable bonds is 25. The predicted octanol–water partition coefficient (Wildman–Crippen LogP) is -0.214. The number of aromatic nitrogens is 17. The number of hydrogen-bond donors (Lipinski definition) is 18. The molecule has 0 aromatic carbocycles. The lowest BCUT2D eigenvalue weighted by atomic mass is 10.1. The Kier molecular flexibility index (Phi) is 36.0. The summed E-state index contributed by atoms with van der Waals surface area (Å²) in [4.78, 5) is 205. The summed E-state index contributed by atoms with van der Waals surface area (Å²) in [5.74, 6) is -1.47. The number of anilines is 7. The Morgan fingerprint density at radius 1 is 0.380 bits per heavy atom. The van der Waals surface area contributed by atoms with E-state index in [2.05, 4.69) is 92.7 Å². The van der Waals surface area contributed by atoms with E-state index in [4.69, 9.17) is 140 Å². The lowest BCUT2D eigenvalue weighted by molar-refractivity contribution is -0.159. The summed E-state index contributed by atoms with van der Waals surface area (Å²) in [7, 11) is 0. The van der Waals surface area contributed by atoms with Gasteiger partial charge >= 0.3 is 44.5 Å². The average Bonchev–Trinajstić information content (AvgIpc) is 1.62. The van der Waals surface area contributed by atoms with Crippen molar-refractivity contribution in [3.05, 3.63) is 160 Å². The van der Waals surface area contributed by atoms with Crippen molar-refractivity contribution in [2.75, 3.05) is 78.9 Å². The van der Waals surface area contributed by atoms with Crippen molar-refractivity contribution in [2.24, 2.45) is 0 Å². The molecule has 0 unspecified atom stereocenters. The highest BCUT2D eigenvalue weighted by atomic mass is 32.2. The summed E-state index contributed by atoms with van der Waals surface area (Å²) in [6.45, 7) is 30.1. The number of fused-ring (bicyclic) bond motifs is 6. The number of aromatic amines is 6. The molecular formula is C83H100N24O35S8. The van der Waals surface area contributed by atoms with Gasteiger partial charge in [0.25, 0.3) is 33.4 Å². The largest absolute Gasteiger partial charge is 0.491 e. The van der Waals surface area contributed by atoms with Crippen LogP contribution in [0.25, 0.3) is 51.7 Å². The van der Waals surface area contributed by atoms with Crippen molar-refractivity contribution < 1.29 is 126 Å². The van der Waals surface area contributed by atoms with Gasteiger partial charge in [-0.1, -0.05) is 101 Å². The maximum absolute atomic E-state index is 12.5. The number of ether oxygens (including phenoxy) is 15. The number of nitrogen functional groups attached to an aromatic ring is 6. The van der Waals surface area contributed by atoms with E-state index in [1.165, 1.54) is 62.4 Å². The van der Waals surface area contributed by atoms with Crippen LogP contribution in [0.2, 0.25) is 0 Å². The zero-order chi connectivity index (χ0) is 110. The zero-order valence-electron chi connectivity index (χ0n) is 80.1. The molecule has 0 spiro atoms. The number of thioether (sulfide) groups is 1. The molecule has 11 aromatic heterocycles. The van der Waals surface area contributed by atoms with E-state index in [1.54, 1.807) is 27.7 Å². The Bertz CT molecular complexity index is 7630. The van der Waals surface area contributed by atoms with Gasteiger partial charge in [-0.3, -0.25) is 125 Å². The molecule has 7 aliphatic rings. The highest BCUT2D eigenvalue weighted by Gasteiger charge is 2.55. The zero-order valence-corrected chi connectivity index (χ0v) is 86.7. The molecule has 67 heteroatoms. The van der Waals surface area contributed by atoms with Gasteiger partial charge in [-0.05, 0) is 52.1 Å². The summed E-state index contributed by atoms with van der Waals surface area (Å²) in [5, 5.41) is 57.5. The van der Waals surface area contributed by atoms with Gasteiger partial charge in [-0.25, -0.2) is 0 Å². The monoisotopic (exact) mass is 2250 g/mol. The average molecular weight is 2250 g/mol. The van der Waals surface area contributed by atoms with E-state index in [9.17, 15) is 87.5 Å². The van der Waals surface area contributed by atoms with E-state index >= 15 is 0 Å². The van der Waals surface area contributed by atoms with E-state index in [-0.39, 0.29) is 146 Å². The molecule has 0 radical (unpaired) electrons. The van der Waals surface area contributed by atoms with Gasteiger partial charge < -0.3 is 136 Å². The Balaban J connectivity index is 0.000000151. The third kappa shape index (κ3) is 25.3. The van der Waals surface area contributed by atoms with Gasteiger partial charge in [0.1, 0.15) is 103 Å². The molecule has 24 N–H and O–H groups in total. The minimum Gasteiger partial charge on any atom is -0.491 e. The van der Waals surface area contributed by atoms with Gasteiger partial charge in [0.2, 0.25) is 35.7 Å². The van der Waals surface area contributed by atoms with Gasteiger partial charge in [-0.2, -0.15) is 29.9 Å². The van der Waals surface area contributed by atoms with Crippen molar-refractivity contribution in [3.63, 3.8) is 0 Å². The molecule has 59 nitrogen and oxygen atoms in total. The third-order valence-electron chi connectivity index (χ3n) is 21.9. The Morgan fingerprint density at radius 2 is 0.720 bits per heavy atom. The number of esters is 5. The normalized spacial score (nSPS) is 24.9. The van der Waals surface area contributed by atoms with Crippen LogP contribution in [0.15, 0.2) is 109 Å². The molecule has 0 saturated carbocycles. The van der Waals surface area contributed by atoms with E-state index < -0.39 is 213 Å². The number of nitrogens with one attached hydrogen (secondary N) is 6. The second kappa shape index (κ2) is 47.6. The molecule has 6 saturated heterocycles.